The van der Waals surface area contributed by atoms with Gasteiger partial charge in [0.05, 0.1) is 12.2 Å². The number of rotatable bonds is 5. The first kappa shape index (κ1) is 20.0. The van der Waals surface area contributed by atoms with E-state index in [1.54, 1.807) is 47.9 Å². The van der Waals surface area contributed by atoms with E-state index >= 15 is 0 Å². The second kappa shape index (κ2) is 7.49. The van der Waals surface area contributed by atoms with Crippen LogP contribution in [0.1, 0.15) is 17.0 Å². The van der Waals surface area contributed by atoms with Gasteiger partial charge in [-0.05, 0) is 55.8 Å². The third-order valence-corrected chi connectivity index (χ3v) is 6.50. The smallest absolute Gasteiger partial charge is 0.268 e. The van der Waals surface area contributed by atoms with E-state index in [2.05, 4.69) is 10.2 Å². The number of pyridine rings is 1. The van der Waals surface area contributed by atoms with Crippen LogP contribution in [0, 0.1) is 25.5 Å². The van der Waals surface area contributed by atoms with E-state index in [9.17, 15) is 17.2 Å². The molecule has 6 nitrogen and oxygen atoms in total. The Labute approximate surface area is 172 Å². The molecule has 0 amide bonds. The van der Waals surface area contributed by atoms with Gasteiger partial charge in [-0.25, -0.2) is 17.2 Å². The van der Waals surface area contributed by atoms with Crippen LogP contribution in [0.4, 0.5) is 14.5 Å². The Morgan fingerprint density at radius 2 is 1.63 bits per heavy atom. The monoisotopic (exact) mass is 428 g/mol. The summed E-state index contributed by atoms with van der Waals surface area (Å²) in [5.74, 6) is -1.01. The minimum Gasteiger partial charge on any atom is -0.286 e. The summed E-state index contributed by atoms with van der Waals surface area (Å²) >= 11 is 0. The van der Waals surface area contributed by atoms with Crippen molar-refractivity contribution in [2.24, 2.45) is 0 Å². The zero-order valence-corrected chi connectivity index (χ0v) is 17.1. The molecule has 0 unspecified atom stereocenters. The predicted molar refractivity (Wildman–Crippen MR) is 109 cm³/mol. The Hall–Kier alpha value is -3.33. The summed E-state index contributed by atoms with van der Waals surface area (Å²) in [4.78, 5) is -0.0527. The van der Waals surface area contributed by atoms with Crippen molar-refractivity contribution >= 4 is 21.4 Å². The summed E-state index contributed by atoms with van der Waals surface area (Å²) in [5.41, 5.74) is 1.67. The fourth-order valence-electron chi connectivity index (χ4n) is 3.22. The first-order chi connectivity index (χ1) is 14.3. The number of hydrogen-bond acceptors (Lipinski definition) is 4. The number of anilines is 1. The SMILES string of the molecule is Cc1ccc(N(Cc2cc(F)cc(F)c2)S(=O)(=O)c2cccn3c(C)nnc23)cc1. The van der Waals surface area contributed by atoms with E-state index in [1.807, 2.05) is 6.92 Å². The quantitative estimate of drug-likeness (QED) is 0.482. The molecule has 4 rings (SSSR count). The van der Waals surface area contributed by atoms with E-state index in [-0.39, 0.29) is 22.7 Å². The number of aryl methyl sites for hydroxylation is 2. The summed E-state index contributed by atoms with van der Waals surface area (Å²) in [6, 6.07) is 12.8. The van der Waals surface area contributed by atoms with Crippen molar-refractivity contribution in [3.05, 3.63) is 89.4 Å². The highest BCUT2D eigenvalue weighted by atomic mass is 32.2. The van der Waals surface area contributed by atoms with E-state index < -0.39 is 21.7 Å². The molecule has 0 saturated carbocycles. The minimum absolute atomic E-state index is 0.0527. The van der Waals surface area contributed by atoms with Crippen molar-refractivity contribution < 1.29 is 17.2 Å². The van der Waals surface area contributed by atoms with Crippen LogP contribution in [-0.2, 0) is 16.6 Å². The normalized spacial score (nSPS) is 11.7. The largest absolute Gasteiger partial charge is 0.286 e. The van der Waals surface area contributed by atoms with Crippen molar-refractivity contribution in [2.45, 2.75) is 25.3 Å². The second-order valence-electron chi connectivity index (χ2n) is 6.94. The fourth-order valence-corrected chi connectivity index (χ4v) is 4.80. The summed E-state index contributed by atoms with van der Waals surface area (Å²) in [6.45, 7) is 3.34. The molecule has 0 aliphatic heterocycles. The Balaban J connectivity index is 1.88. The topological polar surface area (TPSA) is 67.6 Å². The molecular formula is C21H18F2N4O2S. The molecular weight excluding hydrogens is 410 g/mol. The van der Waals surface area contributed by atoms with Gasteiger partial charge < -0.3 is 0 Å². The first-order valence-corrected chi connectivity index (χ1v) is 10.5. The van der Waals surface area contributed by atoms with Crippen LogP contribution >= 0.6 is 0 Å². The van der Waals surface area contributed by atoms with Crippen LogP contribution in [0.15, 0.2) is 65.7 Å². The Bertz CT molecular complexity index is 1310. The van der Waals surface area contributed by atoms with E-state index in [1.165, 1.54) is 6.07 Å². The highest BCUT2D eigenvalue weighted by Crippen LogP contribution is 2.28. The molecule has 9 heteroatoms. The van der Waals surface area contributed by atoms with Gasteiger partial charge >= 0.3 is 0 Å². The van der Waals surface area contributed by atoms with Gasteiger partial charge in [0, 0.05) is 12.3 Å². The number of sulfonamides is 1. The Morgan fingerprint density at radius 3 is 2.30 bits per heavy atom. The van der Waals surface area contributed by atoms with Crippen molar-refractivity contribution in [3.63, 3.8) is 0 Å². The van der Waals surface area contributed by atoms with Gasteiger partial charge in [-0.3, -0.25) is 8.71 Å². The number of benzene rings is 2. The van der Waals surface area contributed by atoms with Crippen LogP contribution in [-0.4, -0.2) is 23.0 Å². The summed E-state index contributed by atoms with van der Waals surface area (Å²) in [7, 11) is -4.14. The van der Waals surface area contributed by atoms with Crippen molar-refractivity contribution in [3.8, 4) is 0 Å². The van der Waals surface area contributed by atoms with E-state index in [4.69, 9.17) is 0 Å². The summed E-state index contributed by atoms with van der Waals surface area (Å²) in [6.07, 6.45) is 1.67. The molecule has 0 N–H and O–H groups in total. The molecule has 0 aliphatic carbocycles. The zero-order chi connectivity index (χ0) is 21.5. The molecule has 154 valence electrons. The maximum atomic E-state index is 13.7. The number of nitrogens with zero attached hydrogens (tertiary/aromatic N) is 4. The lowest BCUT2D eigenvalue weighted by atomic mass is 10.2. The summed E-state index contributed by atoms with van der Waals surface area (Å²) < 4.78 is 57.5. The molecule has 0 bridgehead atoms. The van der Waals surface area contributed by atoms with Gasteiger partial charge in [0.2, 0.25) is 0 Å². The number of hydrogen-bond donors (Lipinski definition) is 0. The van der Waals surface area contributed by atoms with Gasteiger partial charge in [-0.1, -0.05) is 17.7 Å². The Kier molecular flexibility index (Phi) is 4.98. The number of aromatic nitrogens is 3. The van der Waals surface area contributed by atoms with Crippen LogP contribution < -0.4 is 4.31 Å². The van der Waals surface area contributed by atoms with Gasteiger partial charge in [0.1, 0.15) is 22.4 Å². The molecule has 0 radical (unpaired) electrons. The third-order valence-electron chi connectivity index (χ3n) is 4.71. The van der Waals surface area contributed by atoms with Crippen LogP contribution in [0.2, 0.25) is 0 Å². The van der Waals surface area contributed by atoms with Crippen molar-refractivity contribution in [1.82, 2.24) is 14.6 Å². The third kappa shape index (κ3) is 3.63. The molecule has 4 aromatic rings. The molecule has 0 atom stereocenters. The molecule has 0 fully saturated rings. The average Bonchev–Trinajstić information content (AvgIpc) is 3.07. The zero-order valence-electron chi connectivity index (χ0n) is 16.3. The highest BCUT2D eigenvalue weighted by Gasteiger charge is 2.29. The lowest BCUT2D eigenvalue weighted by molar-refractivity contribution is 0.576. The lowest BCUT2D eigenvalue weighted by Gasteiger charge is -2.25. The second-order valence-corrected chi connectivity index (χ2v) is 8.77. The average molecular weight is 428 g/mol. The molecule has 2 aromatic carbocycles. The lowest BCUT2D eigenvalue weighted by Crippen LogP contribution is -2.31. The first-order valence-electron chi connectivity index (χ1n) is 9.10. The summed E-state index contributed by atoms with van der Waals surface area (Å²) in [5, 5.41) is 7.95. The standard InChI is InChI=1S/C21H18F2N4O2S/c1-14-5-7-19(8-6-14)27(13-16-10-17(22)12-18(23)11-16)30(28,29)20-4-3-9-26-15(2)24-25-21(20)26/h3-12H,13H2,1-2H3. The fraction of sp³-hybridized carbons (Fsp3) is 0.143. The molecule has 0 aliphatic rings. The van der Waals surface area contributed by atoms with Crippen LogP contribution in [0.3, 0.4) is 0 Å². The van der Waals surface area contributed by atoms with Gasteiger partial charge in [0.15, 0.2) is 5.65 Å². The Morgan fingerprint density at radius 1 is 0.967 bits per heavy atom. The van der Waals surface area contributed by atoms with E-state index in [0.717, 1.165) is 28.1 Å². The van der Waals surface area contributed by atoms with Crippen LogP contribution in [0.25, 0.3) is 5.65 Å². The van der Waals surface area contributed by atoms with Crippen LogP contribution in [0.5, 0.6) is 0 Å². The number of halogens is 2. The molecule has 2 heterocycles. The highest BCUT2D eigenvalue weighted by molar-refractivity contribution is 7.93. The van der Waals surface area contributed by atoms with Gasteiger partial charge in [-0.15, -0.1) is 10.2 Å². The molecule has 30 heavy (non-hydrogen) atoms. The maximum Gasteiger partial charge on any atom is 0.268 e. The minimum atomic E-state index is -4.14. The number of fused-ring (bicyclic) bond motifs is 1. The molecule has 0 saturated heterocycles. The van der Waals surface area contributed by atoms with Gasteiger partial charge in [-0.2, -0.15) is 0 Å². The predicted octanol–water partition coefficient (Wildman–Crippen LogP) is 4.02. The van der Waals surface area contributed by atoms with E-state index in [0.29, 0.717) is 11.5 Å². The molecule has 0 spiro atoms. The molecule has 2 aromatic heterocycles. The van der Waals surface area contributed by atoms with Gasteiger partial charge in [0.25, 0.3) is 10.0 Å². The van der Waals surface area contributed by atoms with Crippen molar-refractivity contribution in [1.29, 1.82) is 0 Å². The van der Waals surface area contributed by atoms with Crippen molar-refractivity contribution in [2.75, 3.05) is 4.31 Å². The maximum absolute atomic E-state index is 13.7.